The van der Waals surface area contributed by atoms with Gasteiger partial charge in [-0.1, -0.05) is 34.1 Å². The van der Waals surface area contributed by atoms with Crippen molar-refractivity contribution in [1.29, 1.82) is 0 Å². The number of nitrogens with one attached hydrogen (secondary N) is 2. The molecular weight excluding hydrogens is 492 g/mol. The van der Waals surface area contributed by atoms with Crippen molar-refractivity contribution in [1.82, 2.24) is 0 Å². The highest BCUT2D eigenvalue weighted by atomic mass is 79.9. The van der Waals surface area contributed by atoms with Crippen LogP contribution >= 0.6 is 15.9 Å². The molecule has 3 amide bonds. The van der Waals surface area contributed by atoms with E-state index in [1.165, 1.54) is 23.1 Å². The first-order chi connectivity index (χ1) is 15.8. The minimum Gasteiger partial charge on any atom is -0.326 e. The van der Waals surface area contributed by atoms with Gasteiger partial charge in [0.05, 0.1) is 22.7 Å². The maximum Gasteiger partial charge on any atom is 0.270 e. The van der Waals surface area contributed by atoms with Crippen LogP contribution < -0.4 is 15.5 Å². The van der Waals surface area contributed by atoms with Crippen LogP contribution in [0.15, 0.2) is 77.3 Å². The molecule has 0 aromatic heterocycles. The SMILES string of the molecule is O=C(CC1C(=O)Nc2ccccc2N1C(=O)c1cccc([N+](=O)[O-])c1)Nc1ccc(Br)cc1. The molecule has 4 rings (SSSR count). The van der Waals surface area contributed by atoms with Crippen LogP contribution in [0.25, 0.3) is 0 Å². The third kappa shape index (κ3) is 4.75. The van der Waals surface area contributed by atoms with Gasteiger partial charge in [-0.05, 0) is 42.5 Å². The number of nitro benzene ring substituents is 1. The number of benzene rings is 3. The average Bonchev–Trinajstić information content (AvgIpc) is 2.80. The zero-order chi connectivity index (χ0) is 23.5. The Bertz CT molecular complexity index is 1260. The maximum absolute atomic E-state index is 13.5. The lowest BCUT2D eigenvalue weighted by Crippen LogP contribution is -2.52. The molecule has 1 unspecified atom stereocenters. The van der Waals surface area contributed by atoms with Gasteiger partial charge in [-0.15, -0.1) is 0 Å². The van der Waals surface area contributed by atoms with E-state index in [0.29, 0.717) is 17.1 Å². The second kappa shape index (κ2) is 9.21. The first-order valence-corrected chi connectivity index (χ1v) is 10.7. The van der Waals surface area contributed by atoms with E-state index in [1.54, 1.807) is 48.5 Å². The number of fused-ring (bicyclic) bond motifs is 1. The summed E-state index contributed by atoms with van der Waals surface area (Å²) >= 11 is 3.32. The second-order valence-corrected chi connectivity index (χ2v) is 8.18. The zero-order valence-corrected chi connectivity index (χ0v) is 18.6. The van der Waals surface area contributed by atoms with Crippen molar-refractivity contribution in [3.63, 3.8) is 0 Å². The first-order valence-electron chi connectivity index (χ1n) is 9.87. The monoisotopic (exact) mass is 508 g/mol. The quantitative estimate of drug-likeness (QED) is 0.391. The van der Waals surface area contributed by atoms with E-state index in [1.807, 2.05) is 0 Å². The molecule has 0 fully saturated rings. The van der Waals surface area contributed by atoms with Crippen molar-refractivity contribution in [2.24, 2.45) is 0 Å². The van der Waals surface area contributed by atoms with Gasteiger partial charge >= 0.3 is 0 Å². The predicted octanol–water partition coefficient (Wildman–Crippen LogP) is 4.35. The summed E-state index contributed by atoms with van der Waals surface area (Å²) in [6.45, 7) is 0. The van der Waals surface area contributed by atoms with Gasteiger partial charge in [0.1, 0.15) is 6.04 Å². The Morgan fingerprint density at radius 2 is 1.79 bits per heavy atom. The normalized spacial score (nSPS) is 14.8. The number of hydrogen-bond donors (Lipinski definition) is 2. The van der Waals surface area contributed by atoms with E-state index in [0.717, 1.165) is 10.5 Å². The number of rotatable bonds is 5. The topological polar surface area (TPSA) is 122 Å². The van der Waals surface area contributed by atoms with Crippen LogP contribution in [0.2, 0.25) is 0 Å². The summed E-state index contributed by atoms with van der Waals surface area (Å²) in [7, 11) is 0. The molecule has 1 aliphatic heterocycles. The molecular formula is C23H17BrN4O5. The zero-order valence-electron chi connectivity index (χ0n) is 17.0. The van der Waals surface area contributed by atoms with Crippen LogP contribution in [-0.4, -0.2) is 28.7 Å². The van der Waals surface area contributed by atoms with E-state index in [-0.39, 0.29) is 17.7 Å². The lowest BCUT2D eigenvalue weighted by molar-refractivity contribution is -0.384. The van der Waals surface area contributed by atoms with Gasteiger partial charge in [-0.25, -0.2) is 0 Å². The van der Waals surface area contributed by atoms with Gasteiger partial charge in [0.2, 0.25) is 11.8 Å². The molecule has 0 radical (unpaired) electrons. The number of anilines is 3. The minimum absolute atomic E-state index is 0.0343. The fraction of sp³-hybridized carbons (Fsp3) is 0.0870. The Hall–Kier alpha value is -4.05. The summed E-state index contributed by atoms with van der Waals surface area (Å²) in [5.74, 6) is -1.62. The maximum atomic E-state index is 13.5. The lowest BCUT2D eigenvalue weighted by atomic mass is 10.0. The van der Waals surface area contributed by atoms with Crippen LogP contribution in [0.5, 0.6) is 0 Å². The molecule has 0 aliphatic carbocycles. The molecule has 0 saturated carbocycles. The van der Waals surface area contributed by atoms with E-state index < -0.39 is 28.7 Å². The number of amides is 3. The molecule has 10 heteroatoms. The standard InChI is InChI=1S/C23H17BrN4O5/c24-15-8-10-16(11-9-15)25-21(29)13-20-22(30)26-18-6-1-2-7-19(18)27(20)23(31)14-4-3-5-17(12-14)28(32)33/h1-12,20H,13H2,(H,25,29)(H,26,30). The van der Waals surface area contributed by atoms with E-state index in [2.05, 4.69) is 26.6 Å². The van der Waals surface area contributed by atoms with E-state index in [9.17, 15) is 24.5 Å². The summed E-state index contributed by atoms with van der Waals surface area (Å²) in [5, 5.41) is 16.6. The predicted molar refractivity (Wildman–Crippen MR) is 126 cm³/mol. The third-order valence-electron chi connectivity index (χ3n) is 5.07. The second-order valence-electron chi connectivity index (χ2n) is 7.26. The molecule has 3 aromatic carbocycles. The Morgan fingerprint density at radius 1 is 1.06 bits per heavy atom. The smallest absolute Gasteiger partial charge is 0.270 e. The Labute approximate surface area is 196 Å². The van der Waals surface area contributed by atoms with Gasteiger partial charge in [-0.3, -0.25) is 29.4 Å². The highest BCUT2D eigenvalue weighted by Crippen LogP contribution is 2.34. The van der Waals surface area contributed by atoms with Gasteiger partial charge in [-0.2, -0.15) is 0 Å². The van der Waals surface area contributed by atoms with E-state index in [4.69, 9.17) is 0 Å². The summed E-state index contributed by atoms with van der Waals surface area (Å²) in [6, 6.07) is 17.7. The molecule has 2 N–H and O–H groups in total. The van der Waals surface area contributed by atoms with Crippen molar-refractivity contribution < 1.29 is 19.3 Å². The van der Waals surface area contributed by atoms with Gasteiger partial charge in [0.15, 0.2) is 0 Å². The van der Waals surface area contributed by atoms with Crippen molar-refractivity contribution >= 4 is 56.4 Å². The van der Waals surface area contributed by atoms with Crippen LogP contribution in [0, 0.1) is 10.1 Å². The molecule has 1 atom stereocenters. The fourth-order valence-corrected chi connectivity index (χ4v) is 3.80. The largest absolute Gasteiger partial charge is 0.326 e. The number of halogens is 1. The third-order valence-corrected chi connectivity index (χ3v) is 5.59. The van der Waals surface area contributed by atoms with Gasteiger partial charge in [0.25, 0.3) is 11.6 Å². The van der Waals surface area contributed by atoms with E-state index >= 15 is 0 Å². The Kier molecular flexibility index (Phi) is 6.18. The Morgan fingerprint density at radius 3 is 2.52 bits per heavy atom. The molecule has 0 bridgehead atoms. The molecule has 1 heterocycles. The summed E-state index contributed by atoms with van der Waals surface area (Å²) in [6.07, 6.45) is -0.309. The molecule has 1 aliphatic rings. The summed E-state index contributed by atoms with van der Waals surface area (Å²) < 4.78 is 0.845. The number of nitrogens with zero attached hydrogens (tertiary/aromatic N) is 2. The van der Waals surface area contributed by atoms with Crippen molar-refractivity contribution in [3.05, 3.63) is 92.9 Å². The summed E-state index contributed by atoms with van der Waals surface area (Å²) in [5.41, 5.74) is 1.13. The number of hydrogen-bond acceptors (Lipinski definition) is 5. The van der Waals surface area contributed by atoms with Crippen molar-refractivity contribution in [2.75, 3.05) is 15.5 Å². The molecule has 0 saturated heterocycles. The van der Waals surface area contributed by atoms with Gasteiger partial charge in [0, 0.05) is 27.9 Å². The highest BCUT2D eigenvalue weighted by molar-refractivity contribution is 9.10. The van der Waals surface area contributed by atoms with Crippen molar-refractivity contribution in [2.45, 2.75) is 12.5 Å². The lowest BCUT2D eigenvalue weighted by Gasteiger charge is -2.36. The molecule has 0 spiro atoms. The number of para-hydroxylation sites is 2. The molecule has 9 nitrogen and oxygen atoms in total. The summed E-state index contributed by atoms with van der Waals surface area (Å²) in [4.78, 5) is 50.9. The van der Waals surface area contributed by atoms with Crippen molar-refractivity contribution in [3.8, 4) is 0 Å². The number of carbonyl (C=O) groups is 3. The highest BCUT2D eigenvalue weighted by Gasteiger charge is 2.38. The first kappa shape index (κ1) is 22.2. The minimum atomic E-state index is -1.15. The van der Waals surface area contributed by atoms with Gasteiger partial charge < -0.3 is 10.6 Å². The molecule has 33 heavy (non-hydrogen) atoms. The average molecular weight is 509 g/mol. The van der Waals surface area contributed by atoms with Crippen LogP contribution in [0.4, 0.5) is 22.7 Å². The number of nitro groups is 1. The number of carbonyl (C=O) groups excluding carboxylic acids is 3. The number of non-ortho nitro benzene ring substituents is 1. The Balaban J connectivity index is 1.67. The fourth-order valence-electron chi connectivity index (χ4n) is 3.54. The molecule has 3 aromatic rings. The van der Waals surface area contributed by atoms with Crippen LogP contribution in [-0.2, 0) is 9.59 Å². The van der Waals surface area contributed by atoms with Crippen LogP contribution in [0.1, 0.15) is 16.8 Å². The molecule has 166 valence electrons. The van der Waals surface area contributed by atoms with Crippen LogP contribution in [0.3, 0.4) is 0 Å².